The zero-order valence-corrected chi connectivity index (χ0v) is 14.3. The maximum Gasteiger partial charge on any atom is 0.192 e. The minimum Gasteiger partial charge on any atom is -0.415 e. The van der Waals surface area contributed by atoms with Gasteiger partial charge in [-0.3, -0.25) is 4.90 Å². The summed E-state index contributed by atoms with van der Waals surface area (Å²) in [7, 11) is -1.62. The number of rotatable bonds is 4. The number of hydrogen-bond acceptors (Lipinski definition) is 3. The molecular formula is C15H30N2OSi. The van der Waals surface area contributed by atoms with E-state index >= 15 is 0 Å². The first kappa shape index (κ1) is 16.7. The number of hydrogen-bond donors (Lipinski definition) is 1. The van der Waals surface area contributed by atoms with Crippen molar-refractivity contribution in [1.82, 2.24) is 4.90 Å². The Morgan fingerprint density at radius 2 is 2.00 bits per heavy atom. The molecule has 0 aromatic carbocycles. The van der Waals surface area contributed by atoms with Gasteiger partial charge in [0.1, 0.15) is 0 Å². The number of likely N-dealkylation sites (tertiary alicyclic amines) is 1. The zero-order valence-electron chi connectivity index (χ0n) is 13.3. The molecule has 0 bridgehead atoms. The second-order valence-corrected chi connectivity index (χ2v) is 11.7. The molecule has 3 nitrogen and oxygen atoms in total. The average Bonchev–Trinajstić information content (AvgIpc) is 2.73. The molecule has 1 saturated heterocycles. The van der Waals surface area contributed by atoms with Gasteiger partial charge in [-0.05, 0) is 37.5 Å². The Hall–Kier alpha value is -0.343. The van der Waals surface area contributed by atoms with Crippen LogP contribution in [0.15, 0.2) is 0 Å². The van der Waals surface area contributed by atoms with Crippen LogP contribution >= 0.6 is 0 Å². The predicted octanol–water partition coefficient (Wildman–Crippen LogP) is 2.43. The van der Waals surface area contributed by atoms with Gasteiger partial charge in [0.05, 0.1) is 13.1 Å². The Morgan fingerprint density at radius 3 is 2.58 bits per heavy atom. The average molecular weight is 283 g/mol. The third-order valence-corrected chi connectivity index (χ3v) is 8.95. The highest BCUT2D eigenvalue weighted by Crippen LogP contribution is 2.37. The van der Waals surface area contributed by atoms with E-state index in [9.17, 15) is 0 Å². The first-order chi connectivity index (χ1) is 8.78. The van der Waals surface area contributed by atoms with Gasteiger partial charge in [0, 0.05) is 12.6 Å². The fourth-order valence-electron chi connectivity index (χ4n) is 2.04. The predicted molar refractivity (Wildman–Crippen MR) is 84.6 cm³/mol. The van der Waals surface area contributed by atoms with Gasteiger partial charge < -0.3 is 10.2 Å². The number of nitrogens with zero attached hydrogens (tertiary/aromatic N) is 1. The van der Waals surface area contributed by atoms with Crippen molar-refractivity contribution >= 4 is 8.32 Å². The van der Waals surface area contributed by atoms with Crippen molar-refractivity contribution in [3.05, 3.63) is 0 Å². The lowest BCUT2D eigenvalue weighted by Crippen LogP contribution is -2.44. The van der Waals surface area contributed by atoms with Gasteiger partial charge in [0.25, 0.3) is 0 Å². The lowest BCUT2D eigenvalue weighted by Gasteiger charge is -2.37. The van der Waals surface area contributed by atoms with Gasteiger partial charge in [-0.1, -0.05) is 32.6 Å². The molecule has 0 saturated carbocycles. The zero-order chi connectivity index (χ0) is 14.5. The van der Waals surface area contributed by atoms with E-state index in [0.717, 1.165) is 19.7 Å². The highest BCUT2D eigenvalue weighted by Gasteiger charge is 2.38. The van der Waals surface area contributed by atoms with Crippen LogP contribution in [0.3, 0.4) is 0 Å². The van der Waals surface area contributed by atoms with E-state index < -0.39 is 8.32 Å². The second kappa shape index (κ2) is 6.89. The van der Waals surface area contributed by atoms with Gasteiger partial charge in [0.2, 0.25) is 0 Å². The Bertz CT molecular complexity index is 338. The van der Waals surface area contributed by atoms with E-state index in [2.05, 4.69) is 50.6 Å². The third-order valence-electron chi connectivity index (χ3n) is 4.45. The summed E-state index contributed by atoms with van der Waals surface area (Å²) in [4.78, 5) is 2.44. The van der Waals surface area contributed by atoms with Gasteiger partial charge in [-0.25, -0.2) is 0 Å². The topological polar surface area (TPSA) is 38.5 Å². The molecule has 0 aromatic rings. The smallest absolute Gasteiger partial charge is 0.192 e. The molecule has 1 heterocycles. The minimum absolute atomic E-state index is 0.287. The van der Waals surface area contributed by atoms with Crippen molar-refractivity contribution in [2.45, 2.75) is 57.8 Å². The lowest BCUT2D eigenvalue weighted by molar-refractivity contribution is 0.175. The summed E-state index contributed by atoms with van der Waals surface area (Å²) >= 11 is 0. The molecule has 110 valence electrons. The Kier molecular flexibility index (Phi) is 6.06. The Labute approximate surface area is 120 Å². The summed E-state index contributed by atoms with van der Waals surface area (Å²) in [6.45, 7) is 14.8. The maximum atomic E-state index is 6.34. The van der Waals surface area contributed by atoms with Gasteiger partial charge in [-0.2, -0.15) is 0 Å². The highest BCUT2D eigenvalue weighted by atomic mass is 28.4. The van der Waals surface area contributed by atoms with Crippen molar-refractivity contribution < 1.29 is 4.43 Å². The van der Waals surface area contributed by atoms with E-state index in [4.69, 9.17) is 10.2 Å². The van der Waals surface area contributed by atoms with Gasteiger partial charge >= 0.3 is 0 Å². The van der Waals surface area contributed by atoms with E-state index in [1.165, 1.54) is 12.8 Å². The van der Waals surface area contributed by atoms with Crippen LogP contribution < -0.4 is 5.73 Å². The van der Waals surface area contributed by atoms with E-state index in [1.54, 1.807) is 0 Å². The van der Waals surface area contributed by atoms with Crippen LogP contribution in [0.25, 0.3) is 0 Å². The fraction of sp³-hybridized carbons (Fsp3) is 0.867. The molecule has 0 amide bonds. The molecule has 0 radical (unpaired) electrons. The normalized spacial score (nSPS) is 21.3. The summed E-state index contributed by atoms with van der Waals surface area (Å²) < 4.78 is 6.34. The fourth-order valence-corrected chi connectivity index (χ4v) is 3.08. The largest absolute Gasteiger partial charge is 0.415 e. The molecule has 1 rings (SSSR count). The summed E-state index contributed by atoms with van der Waals surface area (Å²) in [6.07, 6.45) is 2.49. The molecular weight excluding hydrogens is 252 g/mol. The molecule has 0 aromatic heterocycles. The maximum absolute atomic E-state index is 6.34. The van der Waals surface area contributed by atoms with Crippen molar-refractivity contribution in [2.24, 2.45) is 5.73 Å². The van der Waals surface area contributed by atoms with E-state index in [1.807, 2.05) is 0 Å². The first-order valence-electron chi connectivity index (χ1n) is 7.32. The molecule has 4 heteroatoms. The molecule has 1 aliphatic heterocycles. The Morgan fingerprint density at radius 1 is 1.32 bits per heavy atom. The van der Waals surface area contributed by atoms with Crippen LogP contribution in [0.1, 0.15) is 33.6 Å². The summed E-state index contributed by atoms with van der Waals surface area (Å²) in [5.41, 5.74) is 5.40. The van der Waals surface area contributed by atoms with E-state index in [0.29, 0.717) is 12.6 Å². The molecule has 1 unspecified atom stereocenters. The molecule has 19 heavy (non-hydrogen) atoms. The summed E-state index contributed by atoms with van der Waals surface area (Å²) in [6, 6.07) is 0.543. The van der Waals surface area contributed by atoms with Crippen LogP contribution in [0.2, 0.25) is 18.1 Å². The lowest BCUT2D eigenvalue weighted by atomic mass is 10.2. The van der Waals surface area contributed by atoms with Gasteiger partial charge in [0.15, 0.2) is 8.32 Å². The molecule has 1 atom stereocenters. The SMILES string of the molecule is CC(C)(C)[Si](C)(C)OCC1CCCN1CC#CCN. The van der Waals surface area contributed by atoms with Crippen molar-refractivity contribution in [1.29, 1.82) is 0 Å². The number of nitrogens with two attached hydrogens (primary N) is 1. The summed E-state index contributed by atoms with van der Waals surface area (Å²) in [5, 5.41) is 0.287. The highest BCUT2D eigenvalue weighted by molar-refractivity contribution is 6.74. The van der Waals surface area contributed by atoms with Crippen molar-refractivity contribution in [3.63, 3.8) is 0 Å². The second-order valence-electron chi connectivity index (χ2n) is 6.90. The van der Waals surface area contributed by atoms with Gasteiger partial charge in [-0.15, -0.1) is 0 Å². The van der Waals surface area contributed by atoms with Crippen LogP contribution in [0, 0.1) is 11.8 Å². The molecule has 0 aliphatic carbocycles. The van der Waals surface area contributed by atoms with Crippen molar-refractivity contribution in [2.75, 3.05) is 26.2 Å². The van der Waals surface area contributed by atoms with Crippen LogP contribution in [-0.4, -0.2) is 45.5 Å². The van der Waals surface area contributed by atoms with E-state index in [-0.39, 0.29) is 5.04 Å². The standard InChI is InChI=1S/C15H30N2OSi/c1-15(2,3)19(4,5)18-13-14-9-8-12-17(14)11-7-6-10-16/h14H,8-13,16H2,1-5H3. The molecule has 0 spiro atoms. The molecule has 1 fully saturated rings. The third kappa shape index (κ3) is 4.92. The first-order valence-corrected chi connectivity index (χ1v) is 10.2. The molecule has 2 N–H and O–H groups in total. The monoisotopic (exact) mass is 282 g/mol. The van der Waals surface area contributed by atoms with Crippen LogP contribution in [0.4, 0.5) is 0 Å². The Balaban J connectivity index is 2.48. The summed E-state index contributed by atoms with van der Waals surface area (Å²) in [5.74, 6) is 6.09. The van der Waals surface area contributed by atoms with Crippen molar-refractivity contribution in [3.8, 4) is 11.8 Å². The molecule has 1 aliphatic rings. The minimum atomic E-state index is -1.62. The quantitative estimate of drug-likeness (QED) is 0.636. The van der Waals surface area contributed by atoms with Crippen LogP contribution in [-0.2, 0) is 4.43 Å². The van der Waals surface area contributed by atoms with Crippen LogP contribution in [0.5, 0.6) is 0 Å².